The van der Waals surface area contributed by atoms with E-state index in [1.54, 1.807) is 0 Å². The molecular formula is C14H14N4O3S. The molecule has 1 fully saturated rings. The predicted molar refractivity (Wildman–Crippen MR) is 80.2 cm³/mol. The first-order chi connectivity index (χ1) is 10.7. The van der Waals surface area contributed by atoms with Crippen LogP contribution in [-0.2, 0) is 16.6 Å². The van der Waals surface area contributed by atoms with Crippen LogP contribution in [0.3, 0.4) is 0 Å². The maximum atomic E-state index is 12.0. The molecule has 114 valence electrons. The highest BCUT2D eigenvalue weighted by atomic mass is 32.2. The van der Waals surface area contributed by atoms with E-state index in [9.17, 15) is 9.59 Å². The number of benzene rings is 1. The fourth-order valence-corrected chi connectivity index (χ4v) is 2.89. The minimum Gasteiger partial charge on any atom is -0.447 e. The summed E-state index contributed by atoms with van der Waals surface area (Å²) in [6.45, 7) is 0.573. The van der Waals surface area contributed by atoms with Crippen molar-refractivity contribution in [1.29, 1.82) is 0 Å². The van der Waals surface area contributed by atoms with Gasteiger partial charge in [0, 0.05) is 12.6 Å². The van der Waals surface area contributed by atoms with Gasteiger partial charge in [-0.25, -0.2) is 9.69 Å². The summed E-state index contributed by atoms with van der Waals surface area (Å²) in [5.74, 6) is 0.573. The molecule has 0 saturated carbocycles. The normalized spacial score (nSPS) is 14.2. The standard InChI is InChI=1S/C14H14N4O3S/c1-17-12(10-5-3-2-4-6-10)15-16-13(17)22-9-11(19)18-7-8-21-14(18)20/h2-6H,7-9H2,1H3. The van der Waals surface area contributed by atoms with Gasteiger partial charge in [0.05, 0.1) is 12.3 Å². The van der Waals surface area contributed by atoms with E-state index in [-0.39, 0.29) is 18.3 Å². The van der Waals surface area contributed by atoms with Gasteiger partial charge in [0.1, 0.15) is 6.61 Å². The number of imide groups is 1. The van der Waals surface area contributed by atoms with Crippen LogP contribution in [-0.4, -0.2) is 50.6 Å². The van der Waals surface area contributed by atoms with Crippen molar-refractivity contribution in [3.8, 4) is 11.4 Å². The molecule has 2 heterocycles. The van der Waals surface area contributed by atoms with Gasteiger partial charge in [-0.15, -0.1) is 10.2 Å². The number of hydrogen-bond donors (Lipinski definition) is 0. The zero-order valence-electron chi connectivity index (χ0n) is 11.9. The van der Waals surface area contributed by atoms with Crippen molar-refractivity contribution < 1.29 is 14.3 Å². The first-order valence-electron chi connectivity index (χ1n) is 6.71. The van der Waals surface area contributed by atoms with E-state index < -0.39 is 6.09 Å². The van der Waals surface area contributed by atoms with Crippen LogP contribution in [0.2, 0.25) is 0 Å². The summed E-state index contributed by atoms with van der Waals surface area (Å²) in [7, 11) is 1.85. The molecule has 3 rings (SSSR count). The molecule has 1 aromatic carbocycles. The van der Waals surface area contributed by atoms with Gasteiger partial charge in [0.15, 0.2) is 11.0 Å². The van der Waals surface area contributed by atoms with Crippen LogP contribution >= 0.6 is 11.8 Å². The third kappa shape index (κ3) is 2.82. The van der Waals surface area contributed by atoms with Gasteiger partial charge in [0.2, 0.25) is 5.91 Å². The fourth-order valence-electron chi connectivity index (χ4n) is 2.10. The molecule has 0 bridgehead atoms. The van der Waals surface area contributed by atoms with Gasteiger partial charge in [0.25, 0.3) is 0 Å². The number of carbonyl (C=O) groups excluding carboxylic acids is 2. The zero-order chi connectivity index (χ0) is 15.5. The first-order valence-corrected chi connectivity index (χ1v) is 7.70. The second-order valence-electron chi connectivity index (χ2n) is 4.68. The minimum atomic E-state index is -0.575. The number of amides is 2. The lowest BCUT2D eigenvalue weighted by Crippen LogP contribution is -2.33. The van der Waals surface area contributed by atoms with Crippen LogP contribution in [0.4, 0.5) is 4.79 Å². The fraction of sp³-hybridized carbons (Fsp3) is 0.286. The third-order valence-electron chi connectivity index (χ3n) is 3.25. The Morgan fingerprint density at radius 2 is 2.09 bits per heavy atom. The minimum absolute atomic E-state index is 0.121. The Morgan fingerprint density at radius 3 is 2.77 bits per heavy atom. The van der Waals surface area contributed by atoms with Crippen LogP contribution in [0, 0.1) is 0 Å². The lowest BCUT2D eigenvalue weighted by Gasteiger charge is -2.09. The van der Waals surface area contributed by atoms with Crippen molar-refractivity contribution in [2.24, 2.45) is 7.05 Å². The van der Waals surface area contributed by atoms with Crippen molar-refractivity contribution >= 4 is 23.8 Å². The SMILES string of the molecule is Cn1c(SCC(=O)N2CCOC2=O)nnc1-c1ccccc1. The molecule has 0 N–H and O–H groups in total. The van der Waals surface area contributed by atoms with Crippen molar-refractivity contribution in [3.05, 3.63) is 30.3 Å². The average molecular weight is 318 g/mol. The van der Waals surface area contributed by atoms with Gasteiger partial charge < -0.3 is 9.30 Å². The van der Waals surface area contributed by atoms with E-state index in [0.29, 0.717) is 11.7 Å². The van der Waals surface area contributed by atoms with Crippen LogP contribution in [0.15, 0.2) is 35.5 Å². The van der Waals surface area contributed by atoms with E-state index in [0.717, 1.165) is 16.3 Å². The van der Waals surface area contributed by atoms with E-state index in [4.69, 9.17) is 4.74 Å². The molecule has 0 aliphatic carbocycles. The van der Waals surface area contributed by atoms with E-state index in [2.05, 4.69) is 10.2 Å². The number of nitrogens with zero attached hydrogens (tertiary/aromatic N) is 4. The molecule has 1 saturated heterocycles. The molecule has 0 radical (unpaired) electrons. The summed E-state index contributed by atoms with van der Waals surface area (Å²) >= 11 is 1.25. The van der Waals surface area contributed by atoms with Crippen molar-refractivity contribution in [1.82, 2.24) is 19.7 Å². The largest absolute Gasteiger partial charge is 0.447 e. The smallest absolute Gasteiger partial charge is 0.416 e. The topological polar surface area (TPSA) is 77.3 Å². The summed E-state index contributed by atoms with van der Waals surface area (Å²) in [5.41, 5.74) is 0.957. The first kappa shape index (κ1) is 14.6. The summed E-state index contributed by atoms with van der Waals surface area (Å²) < 4.78 is 6.58. The van der Waals surface area contributed by atoms with Crippen LogP contribution in [0.25, 0.3) is 11.4 Å². The summed E-state index contributed by atoms with van der Waals surface area (Å²) in [5, 5.41) is 8.88. The molecule has 0 unspecified atom stereocenters. The van der Waals surface area contributed by atoms with Crippen molar-refractivity contribution in [2.45, 2.75) is 5.16 Å². The zero-order valence-corrected chi connectivity index (χ0v) is 12.7. The number of thioether (sulfide) groups is 1. The Labute approximate surface area is 131 Å². The quantitative estimate of drug-likeness (QED) is 0.796. The third-order valence-corrected chi connectivity index (χ3v) is 4.26. The Bertz CT molecular complexity index is 701. The summed E-state index contributed by atoms with van der Waals surface area (Å²) in [4.78, 5) is 24.4. The Morgan fingerprint density at radius 1 is 1.32 bits per heavy atom. The number of rotatable bonds is 4. The van der Waals surface area contributed by atoms with Gasteiger partial charge in [-0.05, 0) is 0 Å². The molecule has 1 aliphatic heterocycles. The predicted octanol–water partition coefficient (Wildman–Crippen LogP) is 1.55. The van der Waals surface area contributed by atoms with Gasteiger partial charge in [-0.3, -0.25) is 4.79 Å². The molecular weight excluding hydrogens is 304 g/mol. The number of carbonyl (C=O) groups is 2. The monoisotopic (exact) mass is 318 g/mol. The van der Waals surface area contributed by atoms with Crippen LogP contribution < -0.4 is 0 Å². The number of ether oxygens (including phenoxy) is 1. The Kier molecular flexibility index (Phi) is 4.10. The highest BCUT2D eigenvalue weighted by Gasteiger charge is 2.28. The van der Waals surface area contributed by atoms with Crippen molar-refractivity contribution in [2.75, 3.05) is 18.9 Å². The highest BCUT2D eigenvalue weighted by molar-refractivity contribution is 7.99. The van der Waals surface area contributed by atoms with Gasteiger partial charge in [-0.2, -0.15) is 0 Å². The summed E-state index contributed by atoms with van der Waals surface area (Å²) in [6.07, 6.45) is -0.575. The molecule has 1 aromatic heterocycles. The van der Waals surface area contributed by atoms with Gasteiger partial charge >= 0.3 is 6.09 Å². The van der Waals surface area contributed by atoms with E-state index in [1.165, 1.54) is 11.8 Å². The molecule has 22 heavy (non-hydrogen) atoms. The van der Waals surface area contributed by atoms with Gasteiger partial charge in [-0.1, -0.05) is 42.1 Å². The lowest BCUT2D eigenvalue weighted by molar-refractivity contribution is -0.125. The Hall–Kier alpha value is -2.35. The number of cyclic esters (lactones) is 1. The molecule has 8 heteroatoms. The maximum absolute atomic E-state index is 12.0. The highest BCUT2D eigenvalue weighted by Crippen LogP contribution is 2.22. The molecule has 2 amide bonds. The second-order valence-corrected chi connectivity index (χ2v) is 5.62. The maximum Gasteiger partial charge on any atom is 0.416 e. The number of hydrogen-bond acceptors (Lipinski definition) is 6. The number of aromatic nitrogens is 3. The molecule has 0 spiro atoms. The molecule has 7 nitrogen and oxygen atoms in total. The van der Waals surface area contributed by atoms with Crippen LogP contribution in [0.1, 0.15) is 0 Å². The molecule has 0 atom stereocenters. The van der Waals surface area contributed by atoms with E-state index in [1.807, 2.05) is 41.9 Å². The van der Waals surface area contributed by atoms with Crippen LogP contribution in [0.5, 0.6) is 0 Å². The lowest BCUT2D eigenvalue weighted by atomic mass is 10.2. The van der Waals surface area contributed by atoms with Crippen molar-refractivity contribution in [3.63, 3.8) is 0 Å². The van der Waals surface area contributed by atoms with E-state index >= 15 is 0 Å². The average Bonchev–Trinajstić information content (AvgIpc) is 3.12. The summed E-state index contributed by atoms with van der Waals surface area (Å²) in [6, 6.07) is 9.69. The Balaban J connectivity index is 1.68. The molecule has 2 aromatic rings. The molecule has 1 aliphatic rings. The second kappa shape index (κ2) is 6.18.